The molecule has 1 aliphatic rings. The minimum atomic E-state index is 0.170. The van der Waals surface area contributed by atoms with Gasteiger partial charge in [0.05, 0.1) is 13.1 Å². The summed E-state index contributed by atoms with van der Waals surface area (Å²) in [5.74, 6) is 1.94. The monoisotopic (exact) mass is 236 g/mol. The van der Waals surface area contributed by atoms with E-state index >= 15 is 0 Å². The second-order valence-electron chi connectivity index (χ2n) is 4.55. The number of likely N-dealkylation sites (N-methyl/N-ethyl adjacent to an activating group) is 1. The Morgan fingerprint density at radius 3 is 2.82 bits per heavy atom. The minimum absolute atomic E-state index is 0.170. The van der Waals surface area contributed by atoms with Gasteiger partial charge in [-0.1, -0.05) is 6.92 Å². The molecule has 17 heavy (non-hydrogen) atoms. The van der Waals surface area contributed by atoms with E-state index in [0.29, 0.717) is 19.1 Å². The second kappa shape index (κ2) is 5.36. The first-order valence-corrected chi connectivity index (χ1v) is 6.26. The molecule has 1 amide bonds. The van der Waals surface area contributed by atoms with Crippen molar-refractivity contribution >= 4 is 5.91 Å². The molecule has 1 aromatic rings. The van der Waals surface area contributed by atoms with Crippen LogP contribution in [0.2, 0.25) is 0 Å². The number of hydrogen-bond acceptors (Lipinski definition) is 3. The van der Waals surface area contributed by atoms with Crippen molar-refractivity contribution in [2.45, 2.75) is 39.3 Å². The lowest BCUT2D eigenvalue weighted by Crippen LogP contribution is -2.39. The van der Waals surface area contributed by atoms with Crippen LogP contribution in [0.25, 0.3) is 0 Å². The third kappa shape index (κ3) is 3.33. The van der Waals surface area contributed by atoms with Crippen LogP contribution in [-0.4, -0.2) is 29.9 Å². The fourth-order valence-electron chi connectivity index (χ4n) is 1.88. The molecule has 0 aromatic carbocycles. The molecule has 0 bridgehead atoms. The van der Waals surface area contributed by atoms with Crippen molar-refractivity contribution in [2.75, 3.05) is 13.1 Å². The van der Waals surface area contributed by atoms with Crippen molar-refractivity contribution in [3.63, 3.8) is 0 Å². The molecule has 0 atom stereocenters. The van der Waals surface area contributed by atoms with Crippen molar-refractivity contribution < 1.29 is 9.21 Å². The van der Waals surface area contributed by atoms with Gasteiger partial charge in [-0.15, -0.1) is 0 Å². The first kappa shape index (κ1) is 12.2. The zero-order valence-corrected chi connectivity index (χ0v) is 10.5. The van der Waals surface area contributed by atoms with Crippen LogP contribution < -0.4 is 5.32 Å². The molecule has 4 heteroatoms. The van der Waals surface area contributed by atoms with Gasteiger partial charge in [0.1, 0.15) is 11.5 Å². The quantitative estimate of drug-likeness (QED) is 0.817. The normalized spacial score (nSPS) is 14.9. The maximum atomic E-state index is 12.0. The summed E-state index contributed by atoms with van der Waals surface area (Å²) < 4.78 is 5.53. The number of rotatable bonds is 6. The van der Waals surface area contributed by atoms with E-state index in [1.165, 1.54) is 0 Å². The van der Waals surface area contributed by atoms with Gasteiger partial charge in [-0.25, -0.2) is 0 Å². The highest BCUT2D eigenvalue weighted by Gasteiger charge is 2.32. The van der Waals surface area contributed by atoms with E-state index in [-0.39, 0.29) is 5.91 Å². The van der Waals surface area contributed by atoms with Crippen molar-refractivity contribution in [3.8, 4) is 0 Å². The SMILES string of the molecule is CCNCC(=O)N(Cc1ccc(C)o1)C1CC1. The molecule has 0 spiro atoms. The summed E-state index contributed by atoms with van der Waals surface area (Å²) in [6.45, 7) is 5.77. The summed E-state index contributed by atoms with van der Waals surface area (Å²) in [6, 6.07) is 4.31. The smallest absolute Gasteiger partial charge is 0.237 e. The topological polar surface area (TPSA) is 45.5 Å². The average molecular weight is 236 g/mol. The summed E-state index contributed by atoms with van der Waals surface area (Å²) >= 11 is 0. The highest BCUT2D eigenvalue weighted by molar-refractivity contribution is 5.78. The Labute approximate surface area is 102 Å². The molecule has 0 saturated heterocycles. The second-order valence-corrected chi connectivity index (χ2v) is 4.55. The molecule has 1 saturated carbocycles. The summed E-state index contributed by atoms with van der Waals surface area (Å²) in [6.07, 6.45) is 2.25. The Morgan fingerprint density at radius 1 is 1.53 bits per heavy atom. The molecule has 0 aliphatic heterocycles. The summed E-state index contributed by atoms with van der Waals surface area (Å²) in [5, 5.41) is 3.08. The number of hydrogen-bond donors (Lipinski definition) is 1. The van der Waals surface area contributed by atoms with Crippen LogP contribution >= 0.6 is 0 Å². The van der Waals surface area contributed by atoms with E-state index < -0.39 is 0 Å². The van der Waals surface area contributed by atoms with Gasteiger partial charge in [-0.3, -0.25) is 4.79 Å². The Morgan fingerprint density at radius 2 is 2.29 bits per heavy atom. The molecule has 1 aliphatic carbocycles. The molecule has 0 unspecified atom stereocenters. The van der Waals surface area contributed by atoms with Gasteiger partial charge in [0.25, 0.3) is 0 Å². The van der Waals surface area contributed by atoms with Gasteiger partial charge in [0, 0.05) is 6.04 Å². The molecule has 1 N–H and O–H groups in total. The maximum Gasteiger partial charge on any atom is 0.237 e. The van der Waals surface area contributed by atoms with Crippen LogP contribution in [0.1, 0.15) is 31.3 Å². The van der Waals surface area contributed by atoms with Crippen LogP contribution in [0.15, 0.2) is 16.5 Å². The van der Waals surface area contributed by atoms with Crippen LogP contribution in [-0.2, 0) is 11.3 Å². The summed E-state index contributed by atoms with van der Waals surface area (Å²) in [7, 11) is 0. The van der Waals surface area contributed by atoms with Gasteiger partial charge < -0.3 is 14.6 Å². The van der Waals surface area contributed by atoms with Crippen molar-refractivity contribution in [3.05, 3.63) is 23.7 Å². The molecular formula is C13H20N2O2. The summed E-state index contributed by atoms with van der Waals surface area (Å²) in [5.41, 5.74) is 0. The van der Waals surface area contributed by atoms with Crippen molar-refractivity contribution in [1.82, 2.24) is 10.2 Å². The Balaban J connectivity index is 1.95. The number of carbonyl (C=O) groups is 1. The predicted octanol–water partition coefficient (Wildman–Crippen LogP) is 1.69. The van der Waals surface area contributed by atoms with E-state index in [4.69, 9.17) is 4.42 Å². The molecule has 1 aromatic heterocycles. The molecule has 1 heterocycles. The molecule has 4 nitrogen and oxygen atoms in total. The first-order valence-electron chi connectivity index (χ1n) is 6.26. The Bertz CT molecular complexity index is 383. The van der Waals surface area contributed by atoms with Gasteiger partial charge in [0.15, 0.2) is 0 Å². The van der Waals surface area contributed by atoms with Gasteiger partial charge in [0.2, 0.25) is 5.91 Å². The fraction of sp³-hybridized carbons (Fsp3) is 0.615. The summed E-state index contributed by atoms with van der Waals surface area (Å²) in [4.78, 5) is 13.9. The lowest BCUT2D eigenvalue weighted by Gasteiger charge is -2.21. The lowest BCUT2D eigenvalue weighted by atomic mass is 10.3. The van der Waals surface area contributed by atoms with E-state index in [0.717, 1.165) is 30.9 Å². The van der Waals surface area contributed by atoms with E-state index in [2.05, 4.69) is 5.32 Å². The van der Waals surface area contributed by atoms with Crippen LogP contribution in [0.3, 0.4) is 0 Å². The maximum absolute atomic E-state index is 12.0. The zero-order valence-electron chi connectivity index (χ0n) is 10.5. The van der Waals surface area contributed by atoms with Crippen molar-refractivity contribution in [1.29, 1.82) is 0 Å². The largest absolute Gasteiger partial charge is 0.464 e. The first-order chi connectivity index (χ1) is 8.20. The molecule has 94 valence electrons. The van der Waals surface area contributed by atoms with Gasteiger partial charge >= 0.3 is 0 Å². The van der Waals surface area contributed by atoms with E-state index in [9.17, 15) is 4.79 Å². The van der Waals surface area contributed by atoms with Crippen LogP contribution in [0, 0.1) is 6.92 Å². The molecular weight excluding hydrogens is 216 g/mol. The molecule has 0 radical (unpaired) electrons. The number of nitrogens with one attached hydrogen (secondary N) is 1. The fourth-order valence-corrected chi connectivity index (χ4v) is 1.88. The van der Waals surface area contributed by atoms with E-state index in [1.807, 2.05) is 30.9 Å². The molecule has 1 fully saturated rings. The van der Waals surface area contributed by atoms with E-state index in [1.54, 1.807) is 0 Å². The average Bonchev–Trinajstić information content (AvgIpc) is 3.07. The number of amides is 1. The number of nitrogens with zero attached hydrogens (tertiary/aromatic N) is 1. The third-order valence-electron chi connectivity index (χ3n) is 2.96. The lowest BCUT2D eigenvalue weighted by molar-refractivity contribution is -0.131. The number of aryl methyl sites for hydroxylation is 1. The number of carbonyl (C=O) groups excluding carboxylic acids is 1. The Hall–Kier alpha value is -1.29. The van der Waals surface area contributed by atoms with Gasteiger partial charge in [-0.2, -0.15) is 0 Å². The van der Waals surface area contributed by atoms with Gasteiger partial charge in [-0.05, 0) is 38.4 Å². The van der Waals surface area contributed by atoms with Crippen LogP contribution in [0.4, 0.5) is 0 Å². The van der Waals surface area contributed by atoms with Crippen LogP contribution in [0.5, 0.6) is 0 Å². The highest BCUT2D eigenvalue weighted by Crippen LogP contribution is 2.28. The highest BCUT2D eigenvalue weighted by atomic mass is 16.3. The standard InChI is InChI=1S/C13H20N2O2/c1-3-14-8-13(16)15(11-5-6-11)9-12-7-4-10(2)17-12/h4,7,11,14H,3,5-6,8-9H2,1-2H3. The number of furan rings is 1. The minimum Gasteiger partial charge on any atom is -0.464 e. The Kier molecular flexibility index (Phi) is 3.84. The predicted molar refractivity (Wildman–Crippen MR) is 65.6 cm³/mol. The zero-order chi connectivity index (χ0) is 12.3. The molecule has 2 rings (SSSR count). The third-order valence-corrected chi connectivity index (χ3v) is 2.96. The van der Waals surface area contributed by atoms with Crippen molar-refractivity contribution in [2.24, 2.45) is 0 Å².